The van der Waals surface area contributed by atoms with Crippen LogP contribution in [0.1, 0.15) is 19.8 Å². The van der Waals surface area contributed by atoms with Crippen molar-refractivity contribution in [2.45, 2.75) is 19.8 Å². The van der Waals surface area contributed by atoms with Gasteiger partial charge in [-0.3, -0.25) is 9.59 Å². The second-order valence-electron chi connectivity index (χ2n) is 5.94. The summed E-state index contributed by atoms with van der Waals surface area (Å²) < 4.78 is 12.8. The molecule has 1 aliphatic heterocycles. The fourth-order valence-electron chi connectivity index (χ4n) is 2.55. The van der Waals surface area contributed by atoms with Gasteiger partial charge in [0.1, 0.15) is 5.82 Å². The van der Waals surface area contributed by atoms with E-state index in [9.17, 15) is 14.0 Å². The Kier molecular flexibility index (Phi) is 5.89. The number of carbonyl (C=O) groups is 2. The number of piperidine rings is 1. The minimum Gasteiger partial charge on any atom is -0.342 e. The molecule has 3 N–H and O–H groups in total. The third kappa shape index (κ3) is 5.44. The van der Waals surface area contributed by atoms with Crippen LogP contribution in [0.25, 0.3) is 0 Å². The van der Waals surface area contributed by atoms with Gasteiger partial charge in [-0.05, 0) is 43.0 Å². The molecule has 2 rings (SSSR count). The zero-order chi connectivity index (χ0) is 15.9. The van der Waals surface area contributed by atoms with Gasteiger partial charge in [0.25, 0.3) is 5.91 Å². The molecule has 1 saturated heterocycles. The second kappa shape index (κ2) is 7.89. The van der Waals surface area contributed by atoms with E-state index in [0.717, 1.165) is 31.8 Å². The molecule has 2 amide bonds. The molecule has 0 saturated carbocycles. The molecule has 1 aromatic carbocycles. The molecule has 1 aromatic rings. The van der Waals surface area contributed by atoms with E-state index in [1.807, 2.05) is 0 Å². The second-order valence-corrected chi connectivity index (χ2v) is 5.94. The van der Waals surface area contributed by atoms with Crippen molar-refractivity contribution in [3.05, 3.63) is 30.1 Å². The first-order valence-corrected chi connectivity index (χ1v) is 7.68. The van der Waals surface area contributed by atoms with Gasteiger partial charge in [-0.15, -0.1) is 0 Å². The van der Waals surface area contributed by atoms with Gasteiger partial charge < -0.3 is 15.5 Å². The number of amides is 2. The van der Waals surface area contributed by atoms with E-state index in [-0.39, 0.29) is 24.2 Å². The Labute approximate surface area is 129 Å². The molecular formula is C16H23FN3O2+. The van der Waals surface area contributed by atoms with E-state index in [4.69, 9.17) is 0 Å². The normalized spacial score (nSPS) is 21.2. The number of anilines is 1. The number of likely N-dealkylation sites (tertiary alicyclic amines) is 1. The molecule has 1 heterocycles. The first-order valence-electron chi connectivity index (χ1n) is 7.68. The van der Waals surface area contributed by atoms with Gasteiger partial charge in [0.15, 0.2) is 6.54 Å². The van der Waals surface area contributed by atoms with Crippen LogP contribution in [0.15, 0.2) is 24.3 Å². The highest BCUT2D eigenvalue weighted by Gasteiger charge is 2.21. The molecule has 1 fully saturated rings. The number of hydrogen-bond donors (Lipinski definition) is 3. The van der Waals surface area contributed by atoms with Crippen molar-refractivity contribution in [1.29, 1.82) is 0 Å². The molecule has 1 aliphatic rings. The maximum absolute atomic E-state index is 12.8. The Bertz CT molecular complexity index is 511. The number of hydrogen-bond acceptors (Lipinski definition) is 2. The average molecular weight is 308 g/mol. The van der Waals surface area contributed by atoms with Gasteiger partial charge in [-0.1, -0.05) is 6.92 Å². The standard InChI is InChI=1S/C16H22FN3O2/c1-12-6-8-20(9-7-12)11-16(22)18-10-15(21)19-14-4-2-13(17)3-5-14/h2-5,12H,6-11H2,1H3,(H,18,22)(H,19,21)/p+1. The molecule has 0 aliphatic carbocycles. The van der Waals surface area contributed by atoms with Crippen LogP contribution in [0, 0.1) is 11.7 Å². The number of quaternary nitrogens is 1. The van der Waals surface area contributed by atoms with Gasteiger partial charge in [0.2, 0.25) is 5.91 Å². The third-order valence-electron chi connectivity index (χ3n) is 3.97. The Morgan fingerprint density at radius 2 is 1.82 bits per heavy atom. The Balaban J connectivity index is 1.67. The van der Waals surface area contributed by atoms with Gasteiger partial charge in [-0.25, -0.2) is 4.39 Å². The van der Waals surface area contributed by atoms with Gasteiger partial charge in [0, 0.05) is 5.69 Å². The zero-order valence-electron chi connectivity index (χ0n) is 12.8. The summed E-state index contributed by atoms with van der Waals surface area (Å²) in [4.78, 5) is 24.8. The number of carbonyl (C=O) groups excluding carboxylic acids is 2. The molecule has 0 aromatic heterocycles. The summed E-state index contributed by atoms with van der Waals surface area (Å²) in [5.74, 6) is -0.0422. The van der Waals surface area contributed by atoms with Crippen LogP contribution >= 0.6 is 0 Å². The number of rotatable bonds is 5. The van der Waals surface area contributed by atoms with E-state index < -0.39 is 0 Å². The van der Waals surface area contributed by atoms with Crippen molar-refractivity contribution >= 4 is 17.5 Å². The van der Waals surface area contributed by atoms with Crippen LogP contribution in [-0.2, 0) is 9.59 Å². The minimum atomic E-state index is -0.356. The lowest BCUT2D eigenvalue weighted by Crippen LogP contribution is -3.14. The van der Waals surface area contributed by atoms with Gasteiger partial charge >= 0.3 is 0 Å². The zero-order valence-corrected chi connectivity index (χ0v) is 12.8. The maximum atomic E-state index is 12.8. The molecule has 22 heavy (non-hydrogen) atoms. The van der Waals surface area contributed by atoms with Gasteiger partial charge in [-0.2, -0.15) is 0 Å². The van der Waals surface area contributed by atoms with Crippen molar-refractivity contribution < 1.29 is 18.9 Å². The van der Waals surface area contributed by atoms with E-state index in [2.05, 4.69) is 17.6 Å². The highest BCUT2D eigenvalue weighted by molar-refractivity contribution is 5.94. The van der Waals surface area contributed by atoms with Crippen molar-refractivity contribution in [2.75, 3.05) is 31.5 Å². The lowest BCUT2D eigenvalue weighted by molar-refractivity contribution is -0.898. The van der Waals surface area contributed by atoms with E-state index >= 15 is 0 Å². The van der Waals surface area contributed by atoms with Crippen molar-refractivity contribution in [3.63, 3.8) is 0 Å². The molecule has 0 unspecified atom stereocenters. The molecule has 0 bridgehead atoms. The number of nitrogens with one attached hydrogen (secondary N) is 3. The average Bonchev–Trinajstić information content (AvgIpc) is 2.50. The molecule has 5 nitrogen and oxygen atoms in total. The van der Waals surface area contributed by atoms with Crippen molar-refractivity contribution in [3.8, 4) is 0 Å². The van der Waals surface area contributed by atoms with Crippen LogP contribution in [0.3, 0.4) is 0 Å². The van der Waals surface area contributed by atoms with Crippen molar-refractivity contribution in [1.82, 2.24) is 5.32 Å². The maximum Gasteiger partial charge on any atom is 0.275 e. The lowest BCUT2D eigenvalue weighted by Gasteiger charge is -2.26. The summed E-state index contributed by atoms with van der Waals surface area (Å²) in [6, 6.07) is 5.51. The fourth-order valence-corrected chi connectivity index (χ4v) is 2.55. The number of halogens is 1. The summed E-state index contributed by atoms with van der Waals surface area (Å²) in [5, 5.41) is 5.23. The molecule has 120 valence electrons. The SMILES string of the molecule is CC1CC[NH+](CC(=O)NCC(=O)Nc2ccc(F)cc2)CC1. The number of benzene rings is 1. The molecular weight excluding hydrogens is 285 g/mol. The third-order valence-corrected chi connectivity index (χ3v) is 3.97. The van der Waals surface area contributed by atoms with E-state index in [1.54, 1.807) is 0 Å². The molecule has 0 radical (unpaired) electrons. The van der Waals surface area contributed by atoms with Crippen LogP contribution in [0.4, 0.5) is 10.1 Å². The van der Waals surface area contributed by atoms with Crippen LogP contribution in [0.5, 0.6) is 0 Å². The summed E-state index contributed by atoms with van der Waals surface area (Å²) in [5.41, 5.74) is 0.510. The summed E-state index contributed by atoms with van der Waals surface area (Å²) in [6.07, 6.45) is 2.29. The van der Waals surface area contributed by atoms with E-state index in [0.29, 0.717) is 12.2 Å². The highest BCUT2D eigenvalue weighted by atomic mass is 19.1. The predicted molar refractivity (Wildman–Crippen MR) is 82.0 cm³/mol. The van der Waals surface area contributed by atoms with Crippen LogP contribution < -0.4 is 15.5 Å². The Morgan fingerprint density at radius 1 is 1.18 bits per heavy atom. The molecule has 6 heteroatoms. The van der Waals surface area contributed by atoms with Gasteiger partial charge in [0.05, 0.1) is 19.6 Å². The smallest absolute Gasteiger partial charge is 0.275 e. The van der Waals surface area contributed by atoms with Crippen molar-refractivity contribution in [2.24, 2.45) is 5.92 Å². The monoisotopic (exact) mass is 308 g/mol. The predicted octanol–water partition coefficient (Wildman–Crippen LogP) is 0.195. The highest BCUT2D eigenvalue weighted by Crippen LogP contribution is 2.07. The van der Waals surface area contributed by atoms with Crippen LogP contribution in [-0.4, -0.2) is 38.0 Å². The molecule has 0 atom stereocenters. The molecule has 0 spiro atoms. The minimum absolute atomic E-state index is 0.0696. The first-order chi connectivity index (χ1) is 10.5. The first kappa shape index (κ1) is 16.4. The summed E-state index contributed by atoms with van der Waals surface area (Å²) >= 11 is 0. The largest absolute Gasteiger partial charge is 0.342 e. The Hall–Kier alpha value is -1.95. The summed E-state index contributed by atoms with van der Waals surface area (Å²) in [6.45, 7) is 4.60. The summed E-state index contributed by atoms with van der Waals surface area (Å²) in [7, 11) is 0. The topological polar surface area (TPSA) is 62.6 Å². The fraction of sp³-hybridized carbons (Fsp3) is 0.500. The quantitative estimate of drug-likeness (QED) is 0.727. The van der Waals surface area contributed by atoms with Crippen LogP contribution in [0.2, 0.25) is 0 Å². The lowest BCUT2D eigenvalue weighted by atomic mass is 9.99. The van der Waals surface area contributed by atoms with E-state index in [1.165, 1.54) is 29.2 Å². The Morgan fingerprint density at radius 3 is 2.45 bits per heavy atom.